The number of methoxy groups -OCH3 is 1. The number of nitrogens with one attached hydrogen (secondary N) is 1. The molecule has 3 heterocycles. The second-order valence-electron chi connectivity index (χ2n) is 5.88. The highest BCUT2D eigenvalue weighted by Gasteiger charge is 2.67. The molecule has 0 saturated carbocycles. The average Bonchev–Trinajstić information content (AvgIpc) is 3.24. The van der Waals surface area contributed by atoms with Crippen LogP contribution >= 0.6 is 11.3 Å². The van der Waals surface area contributed by atoms with Gasteiger partial charge in [-0.15, -0.1) is 11.3 Å². The summed E-state index contributed by atoms with van der Waals surface area (Å²) in [5.74, 6) is -2.22. The molecule has 23 heavy (non-hydrogen) atoms. The van der Waals surface area contributed by atoms with Crippen molar-refractivity contribution < 1.29 is 19.1 Å². The van der Waals surface area contributed by atoms with Gasteiger partial charge in [0.1, 0.15) is 5.54 Å². The molecule has 124 valence electrons. The third-order valence-electron chi connectivity index (χ3n) is 5.02. The maximum atomic E-state index is 12.8. The van der Waals surface area contributed by atoms with Crippen molar-refractivity contribution in [2.45, 2.75) is 31.8 Å². The second-order valence-corrected chi connectivity index (χ2v) is 6.86. The van der Waals surface area contributed by atoms with Crippen molar-refractivity contribution in [2.24, 2.45) is 11.8 Å². The Bertz CT molecular complexity index is 645. The molecule has 2 aliphatic rings. The van der Waals surface area contributed by atoms with Gasteiger partial charge in [0, 0.05) is 11.4 Å². The van der Waals surface area contributed by atoms with Crippen molar-refractivity contribution in [1.82, 2.24) is 10.2 Å². The highest BCUT2D eigenvalue weighted by atomic mass is 32.1. The summed E-state index contributed by atoms with van der Waals surface area (Å²) in [5.41, 5.74) is -1.15. The van der Waals surface area contributed by atoms with E-state index in [0.29, 0.717) is 13.0 Å². The summed E-state index contributed by atoms with van der Waals surface area (Å²) in [4.78, 5) is 40.3. The fourth-order valence-corrected chi connectivity index (χ4v) is 4.75. The zero-order valence-corrected chi connectivity index (χ0v) is 14.2. The molecule has 0 unspecified atom stereocenters. The van der Waals surface area contributed by atoms with E-state index in [1.165, 1.54) is 23.3 Å². The standard InChI is InChI=1S/C16H20N2O4S/c1-4-16(15(21)22-3)11-10(13(19)18(5-2)14(11)20)12(17-16)9-7-6-8-23-9/h6-8,10-12,17H,4-5H2,1-3H3/t10-,11-,12-,16+/m0/s1. The number of nitrogens with zero attached hydrogens (tertiary/aromatic N) is 1. The molecule has 2 saturated heterocycles. The normalized spacial score (nSPS) is 33.2. The van der Waals surface area contributed by atoms with Gasteiger partial charge in [0.2, 0.25) is 11.8 Å². The topological polar surface area (TPSA) is 75.7 Å². The molecule has 1 aromatic heterocycles. The Kier molecular flexibility index (Phi) is 4.01. The number of imide groups is 1. The van der Waals surface area contributed by atoms with Crippen LogP contribution in [-0.2, 0) is 19.1 Å². The third-order valence-corrected chi connectivity index (χ3v) is 5.97. The molecule has 0 aromatic carbocycles. The van der Waals surface area contributed by atoms with Crippen molar-refractivity contribution in [3.8, 4) is 0 Å². The molecule has 1 aromatic rings. The average molecular weight is 336 g/mol. The summed E-state index contributed by atoms with van der Waals surface area (Å²) < 4.78 is 4.97. The zero-order chi connectivity index (χ0) is 16.8. The Labute approximate surface area is 138 Å². The minimum absolute atomic E-state index is 0.201. The van der Waals surface area contributed by atoms with Gasteiger partial charge in [-0.1, -0.05) is 13.0 Å². The minimum atomic E-state index is -1.15. The maximum absolute atomic E-state index is 12.8. The predicted molar refractivity (Wildman–Crippen MR) is 84.6 cm³/mol. The van der Waals surface area contributed by atoms with Gasteiger partial charge in [-0.2, -0.15) is 0 Å². The summed E-state index contributed by atoms with van der Waals surface area (Å²) in [6.45, 7) is 3.93. The van der Waals surface area contributed by atoms with Gasteiger partial charge >= 0.3 is 5.97 Å². The van der Waals surface area contributed by atoms with E-state index in [-0.39, 0.29) is 17.9 Å². The smallest absolute Gasteiger partial charge is 0.326 e. The summed E-state index contributed by atoms with van der Waals surface area (Å²) in [6.07, 6.45) is 0.388. The molecule has 7 heteroatoms. The van der Waals surface area contributed by atoms with Crippen molar-refractivity contribution >= 4 is 29.1 Å². The quantitative estimate of drug-likeness (QED) is 0.663. The lowest BCUT2D eigenvalue weighted by Gasteiger charge is -2.31. The van der Waals surface area contributed by atoms with E-state index in [2.05, 4.69) is 5.32 Å². The summed E-state index contributed by atoms with van der Waals surface area (Å²) in [7, 11) is 1.31. The number of likely N-dealkylation sites (tertiary alicyclic amines) is 1. The number of hydrogen-bond acceptors (Lipinski definition) is 6. The first kappa shape index (κ1) is 16.1. The number of thiophene rings is 1. The summed E-state index contributed by atoms with van der Waals surface area (Å²) in [5, 5.41) is 5.21. The van der Waals surface area contributed by atoms with Crippen molar-refractivity contribution in [2.75, 3.05) is 13.7 Å². The van der Waals surface area contributed by atoms with E-state index in [1.54, 1.807) is 6.92 Å². The molecular formula is C16H20N2O4S. The Morgan fingerprint density at radius 1 is 1.39 bits per heavy atom. The van der Waals surface area contributed by atoms with E-state index in [0.717, 1.165) is 4.88 Å². The van der Waals surface area contributed by atoms with Crippen LogP contribution < -0.4 is 5.32 Å². The van der Waals surface area contributed by atoms with E-state index in [1.807, 2.05) is 24.4 Å². The monoisotopic (exact) mass is 336 g/mol. The van der Waals surface area contributed by atoms with Crippen LogP contribution in [0.1, 0.15) is 31.2 Å². The molecule has 0 aliphatic carbocycles. The Hall–Kier alpha value is -1.73. The van der Waals surface area contributed by atoms with Gasteiger partial charge in [-0.3, -0.25) is 24.6 Å². The van der Waals surface area contributed by atoms with Crippen LogP contribution in [0.4, 0.5) is 0 Å². The molecule has 3 rings (SSSR count). The Morgan fingerprint density at radius 3 is 2.65 bits per heavy atom. The third kappa shape index (κ3) is 2.06. The van der Waals surface area contributed by atoms with E-state index < -0.39 is 23.3 Å². The number of esters is 1. The number of carbonyl (C=O) groups excluding carboxylic acids is 3. The Balaban J connectivity index is 2.13. The van der Waals surface area contributed by atoms with Gasteiger partial charge in [0.15, 0.2) is 0 Å². The highest BCUT2D eigenvalue weighted by Crippen LogP contribution is 2.50. The van der Waals surface area contributed by atoms with Crippen molar-refractivity contribution in [1.29, 1.82) is 0 Å². The lowest BCUT2D eigenvalue weighted by Crippen LogP contribution is -2.55. The van der Waals surface area contributed by atoms with E-state index in [9.17, 15) is 14.4 Å². The van der Waals surface area contributed by atoms with Crippen LogP contribution in [0.25, 0.3) is 0 Å². The Morgan fingerprint density at radius 2 is 2.13 bits per heavy atom. The number of fused-ring (bicyclic) bond motifs is 1. The van der Waals surface area contributed by atoms with E-state index >= 15 is 0 Å². The zero-order valence-electron chi connectivity index (χ0n) is 13.4. The first-order valence-electron chi connectivity index (χ1n) is 7.76. The first-order valence-corrected chi connectivity index (χ1v) is 8.64. The van der Waals surface area contributed by atoms with Gasteiger partial charge in [-0.25, -0.2) is 0 Å². The van der Waals surface area contributed by atoms with Crippen LogP contribution in [0.2, 0.25) is 0 Å². The summed E-state index contributed by atoms with van der Waals surface area (Å²) >= 11 is 1.52. The first-order chi connectivity index (χ1) is 11.0. The van der Waals surface area contributed by atoms with Crippen LogP contribution in [0, 0.1) is 11.8 Å². The lowest BCUT2D eigenvalue weighted by atomic mass is 9.78. The highest BCUT2D eigenvalue weighted by molar-refractivity contribution is 7.10. The largest absolute Gasteiger partial charge is 0.468 e. The second kappa shape index (κ2) is 5.72. The summed E-state index contributed by atoms with van der Waals surface area (Å²) in [6, 6.07) is 3.49. The molecule has 1 N–H and O–H groups in total. The van der Waals surface area contributed by atoms with Crippen LogP contribution in [0.15, 0.2) is 17.5 Å². The molecule has 2 amide bonds. The SMILES string of the molecule is CCN1C(=O)[C@H]2[C@@H](C1=O)[C@](CC)(C(=O)OC)N[C@H]2c1cccs1. The van der Waals surface area contributed by atoms with E-state index in [4.69, 9.17) is 4.74 Å². The van der Waals surface area contributed by atoms with Crippen molar-refractivity contribution in [3.63, 3.8) is 0 Å². The predicted octanol–water partition coefficient (Wildman–Crippen LogP) is 1.34. The fraction of sp³-hybridized carbons (Fsp3) is 0.562. The molecule has 6 nitrogen and oxygen atoms in total. The number of amides is 2. The van der Waals surface area contributed by atoms with Crippen LogP contribution in [0.5, 0.6) is 0 Å². The lowest BCUT2D eigenvalue weighted by molar-refractivity contribution is -0.154. The number of ether oxygens (including phenoxy) is 1. The van der Waals surface area contributed by atoms with Gasteiger partial charge < -0.3 is 4.74 Å². The van der Waals surface area contributed by atoms with Gasteiger partial charge in [0.05, 0.1) is 25.0 Å². The molecule has 0 radical (unpaired) electrons. The molecule has 0 spiro atoms. The maximum Gasteiger partial charge on any atom is 0.326 e. The molecule has 2 aliphatic heterocycles. The molecule has 2 fully saturated rings. The molecule has 4 atom stereocenters. The molecular weight excluding hydrogens is 316 g/mol. The van der Waals surface area contributed by atoms with Gasteiger partial charge in [-0.05, 0) is 24.8 Å². The number of rotatable bonds is 4. The number of hydrogen-bond donors (Lipinski definition) is 1. The number of carbonyl (C=O) groups is 3. The fourth-order valence-electron chi connectivity index (χ4n) is 3.92. The van der Waals surface area contributed by atoms with Crippen LogP contribution in [0.3, 0.4) is 0 Å². The van der Waals surface area contributed by atoms with Crippen LogP contribution in [-0.4, -0.2) is 41.9 Å². The van der Waals surface area contributed by atoms with Crippen molar-refractivity contribution in [3.05, 3.63) is 22.4 Å². The minimum Gasteiger partial charge on any atom is -0.468 e. The van der Waals surface area contributed by atoms with Gasteiger partial charge in [0.25, 0.3) is 0 Å². The molecule has 0 bridgehead atoms.